The summed E-state index contributed by atoms with van der Waals surface area (Å²) < 4.78 is 0. The molecule has 1 fully saturated rings. The van der Waals surface area contributed by atoms with Crippen LogP contribution in [0.1, 0.15) is 17.5 Å². The summed E-state index contributed by atoms with van der Waals surface area (Å²) in [5, 5.41) is 1.36. The van der Waals surface area contributed by atoms with Gasteiger partial charge in [-0.3, -0.25) is 9.59 Å². The van der Waals surface area contributed by atoms with Gasteiger partial charge in [-0.05, 0) is 35.7 Å². The largest absolute Gasteiger partial charge is 0.339 e. The maximum absolute atomic E-state index is 12.5. The van der Waals surface area contributed by atoms with E-state index < -0.39 is 0 Å². The molecule has 142 valence electrons. The van der Waals surface area contributed by atoms with E-state index in [4.69, 9.17) is 23.2 Å². The lowest BCUT2D eigenvalue weighted by Gasteiger charge is -2.35. The second-order valence-corrected chi connectivity index (χ2v) is 7.50. The average molecular weight is 405 g/mol. The normalized spacial score (nSPS) is 14.3. The molecular formula is C21H22Cl2N2O2. The summed E-state index contributed by atoms with van der Waals surface area (Å²) in [7, 11) is 0. The number of hydrogen-bond donors (Lipinski definition) is 0. The van der Waals surface area contributed by atoms with Crippen molar-refractivity contribution in [2.75, 3.05) is 26.2 Å². The number of benzene rings is 2. The SMILES string of the molecule is O=C(CCc1ccccc1Cl)N1CCN(C(=O)Cc2ccc(Cl)cc2)CC1. The summed E-state index contributed by atoms with van der Waals surface area (Å²) in [4.78, 5) is 28.6. The highest BCUT2D eigenvalue weighted by atomic mass is 35.5. The molecule has 0 bridgehead atoms. The molecule has 0 radical (unpaired) electrons. The van der Waals surface area contributed by atoms with E-state index in [1.807, 2.05) is 46.2 Å². The van der Waals surface area contributed by atoms with E-state index in [0.29, 0.717) is 55.5 Å². The third-order valence-electron chi connectivity index (χ3n) is 4.82. The number of hydrogen-bond acceptors (Lipinski definition) is 2. The molecule has 0 aromatic heterocycles. The van der Waals surface area contributed by atoms with Crippen LogP contribution in [-0.4, -0.2) is 47.8 Å². The average Bonchev–Trinajstić information content (AvgIpc) is 2.69. The highest BCUT2D eigenvalue weighted by Crippen LogP contribution is 2.17. The molecule has 0 unspecified atom stereocenters. The number of carbonyl (C=O) groups excluding carboxylic acids is 2. The molecule has 0 N–H and O–H groups in total. The van der Waals surface area contributed by atoms with E-state index in [1.165, 1.54) is 0 Å². The van der Waals surface area contributed by atoms with Gasteiger partial charge in [-0.25, -0.2) is 0 Å². The Bertz CT molecular complexity index is 800. The maximum atomic E-state index is 12.5. The number of amides is 2. The minimum atomic E-state index is 0.0838. The van der Waals surface area contributed by atoms with Crippen LogP contribution in [0.5, 0.6) is 0 Å². The van der Waals surface area contributed by atoms with Crippen molar-refractivity contribution >= 4 is 35.0 Å². The predicted molar refractivity (Wildman–Crippen MR) is 108 cm³/mol. The first-order valence-corrected chi connectivity index (χ1v) is 9.82. The van der Waals surface area contributed by atoms with Gasteiger partial charge in [-0.15, -0.1) is 0 Å². The van der Waals surface area contributed by atoms with Gasteiger partial charge in [0.1, 0.15) is 0 Å². The van der Waals surface area contributed by atoms with E-state index >= 15 is 0 Å². The van der Waals surface area contributed by atoms with Crippen LogP contribution >= 0.6 is 23.2 Å². The monoisotopic (exact) mass is 404 g/mol. The summed E-state index contributed by atoms with van der Waals surface area (Å²) >= 11 is 12.0. The summed E-state index contributed by atoms with van der Waals surface area (Å²) in [6.45, 7) is 2.30. The third kappa shape index (κ3) is 5.47. The van der Waals surface area contributed by atoms with Gasteiger partial charge in [-0.2, -0.15) is 0 Å². The van der Waals surface area contributed by atoms with Crippen molar-refractivity contribution in [2.24, 2.45) is 0 Å². The lowest BCUT2D eigenvalue weighted by atomic mass is 10.1. The molecule has 2 aromatic rings. The van der Waals surface area contributed by atoms with Gasteiger partial charge in [0.15, 0.2) is 0 Å². The number of carbonyl (C=O) groups is 2. The highest BCUT2D eigenvalue weighted by molar-refractivity contribution is 6.31. The Morgan fingerprint density at radius 3 is 2.04 bits per heavy atom. The first kappa shape index (κ1) is 19.7. The van der Waals surface area contributed by atoms with Crippen molar-refractivity contribution in [3.05, 3.63) is 69.7 Å². The Balaban J connectivity index is 1.45. The Kier molecular flexibility index (Phi) is 6.75. The standard InChI is InChI=1S/C21H22Cl2N2O2/c22-18-8-5-16(6-9-18)15-21(27)25-13-11-24(12-14-25)20(26)10-7-17-3-1-2-4-19(17)23/h1-6,8-9H,7,10-15H2. The Morgan fingerprint density at radius 1 is 0.815 bits per heavy atom. The number of halogens is 2. The first-order valence-electron chi connectivity index (χ1n) is 9.06. The van der Waals surface area contributed by atoms with Gasteiger partial charge in [0.05, 0.1) is 6.42 Å². The minimum absolute atomic E-state index is 0.0838. The predicted octanol–water partition coefficient (Wildman–Crippen LogP) is 3.84. The van der Waals surface area contributed by atoms with E-state index in [9.17, 15) is 9.59 Å². The molecule has 0 atom stereocenters. The molecule has 2 aromatic carbocycles. The zero-order chi connectivity index (χ0) is 19.2. The second-order valence-electron chi connectivity index (χ2n) is 6.66. The molecule has 1 aliphatic heterocycles. The smallest absolute Gasteiger partial charge is 0.227 e. The number of piperazine rings is 1. The fourth-order valence-corrected chi connectivity index (χ4v) is 3.55. The minimum Gasteiger partial charge on any atom is -0.339 e. The topological polar surface area (TPSA) is 40.6 Å². The zero-order valence-corrected chi connectivity index (χ0v) is 16.5. The molecule has 0 aliphatic carbocycles. The molecule has 6 heteroatoms. The molecule has 27 heavy (non-hydrogen) atoms. The van der Waals surface area contributed by atoms with Gasteiger partial charge >= 0.3 is 0 Å². The van der Waals surface area contributed by atoms with E-state index in [-0.39, 0.29) is 11.8 Å². The van der Waals surface area contributed by atoms with Crippen molar-refractivity contribution in [1.82, 2.24) is 9.80 Å². The van der Waals surface area contributed by atoms with Crippen LogP contribution in [0.4, 0.5) is 0 Å². The van der Waals surface area contributed by atoms with Crippen LogP contribution in [0.25, 0.3) is 0 Å². The van der Waals surface area contributed by atoms with E-state index in [0.717, 1.165) is 11.1 Å². The van der Waals surface area contributed by atoms with E-state index in [1.54, 1.807) is 12.1 Å². The molecule has 3 rings (SSSR count). The van der Waals surface area contributed by atoms with Gasteiger partial charge in [0.2, 0.25) is 11.8 Å². The summed E-state index contributed by atoms with van der Waals surface area (Å²) in [6, 6.07) is 14.9. The lowest BCUT2D eigenvalue weighted by Crippen LogP contribution is -2.51. The Hall–Kier alpha value is -2.04. The van der Waals surface area contributed by atoms with Crippen LogP contribution in [0.15, 0.2) is 48.5 Å². The maximum Gasteiger partial charge on any atom is 0.227 e. The van der Waals surface area contributed by atoms with Gasteiger partial charge in [0.25, 0.3) is 0 Å². The van der Waals surface area contributed by atoms with Crippen LogP contribution in [0.3, 0.4) is 0 Å². The summed E-state index contributed by atoms with van der Waals surface area (Å²) in [5.74, 6) is 0.195. The number of rotatable bonds is 5. The third-order valence-corrected chi connectivity index (χ3v) is 5.44. The summed E-state index contributed by atoms with van der Waals surface area (Å²) in [5.41, 5.74) is 1.94. The van der Waals surface area contributed by atoms with E-state index in [2.05, 4.69) is 0 Å². The Labute approximate surface area is 169 Å². The van der Waals surface area contributed by atoms with Crippen molar-refractivity contribution in [1.29, 1.82) is 0 Å². The number of nitrogens with zero attached hydrogens (tertiary/aromatic N) is 2. The van der Waals surface area contributed by atoms with Crippen molar-refractivity contribution in [3.63, 3.8) is 0 Å². The zero-order valence-electron chi connectivity index (χ0n) is 15.0. The van der Waals surface area contributed by atoms with Crippen LogP contribution in [-0.2, 0) is 22.4 Å². The molecular weight excluding hydrogens is 383 g/mol. The molecule has 1 heterocycles. The number of aryl methyl sites for hydroxylation is 1. The molecule has 1 aliphatic rings. The lowest BCUT2D eigenvalue weighted by molar-refractivity contribution is -0.139. The first-order chi connectivity index (χ1) is 13.0. The van der Waals surface area contributed by atoms with Gasteiger partial charge in [-0.1, -0.05) is 53.5 Å². The van der Waals surface area contributed by atoms with Crippen LogP contribution in [0.2, 0.25) is 10.0 Å². The van der Waals surface area contributed by atoms with Gasteiger partial charge in [0, 0.05) is 42.6 Å². The van der Waals surface area contributed by atoms with Crippen LogP contribution in [0, 0.1) is 0 Å². The van der Waals surface area contributed by atoms with Crippen molar-refractivity contribution < 1.29 is 9.59 Å². The van der Waals surface area contributed by atoms with Crippen LogP contribution < -0.4 is 0 Å². The summed E-state index contributed by atoms with van der Waals surface area (Å²) in [6.07, 6.45) is 1.42. The molecule has 0 saturated carbocycles. The molecule has 1 saturated heterocycles. The fraction of sp³-hybridized carbons (Fsp3) is 0.333. The van der Waals surface area contributed by atoms with Gasteiger partial charge < -0.3 is 9.80 Å². The fourth-order valence-electron chi connectivity index (χ4n) is 3.19. The second kappa shape index (κ2) is 9.25. The van der Waals surface area contributed by atoms with Crippen molar-refractivity contribution in [3.8, 4) is 0 Å². The quantitative estimate of drug-likeness (QED) is 0.759. The molecule has 4 nitrogen and oxygen atoms in total. The molecule has 0 spiro atoms. The molecule has 2 amide bonds. The van der Waals surface area contributed by atoms with Crippen molar-refractivity contribution in [2.45, 2.75) is 19.3 Å². The Morgan fingerprint density at radius 2 is 1.41 bits per heavy atom. The highest BCUT2D eigenvalue weighted by Gasteiger charge is 2.24.